The van der Waals surface area contributed by atoms with Crippen molar-refractivity contribution in [3.05, 3.63) is 59.2 Å². The van der Waals surface area contributed by atoms with Crippen molar-refractivity contribution in [2.45, 2.75) is 72.1 Å². The van der Waals surface area contributed by atoms with Crippen LogP contribution in [0.4, 0.5) is 5.69 Å². The van der Waals surface area contributed by atoms with Gasteiger partial charge in [0.25, 0.3) is 0 Å². The molecule has 0 saturated carbocycles. The van der Waals surface area contributed by atoms with Crippen LogP contribution in [0.5, 0.6) is 5.75 Å². The van der Waals surface area contributed by atoms with Gasteiger partial charge in [-0.05, 0) is 45.6 Å². The molecule has 0 heterocycles. The molecule has 0 aliphatic rings. The highest BCUT2D eigenvalue weighted by molar-refractivity contribution is 5.52. The molecule has 0 amide bonds. The first-order valence-electron chi connectivity index (χ1n) is 10.1. The maximum atomic E-state index is 6.19. The molecule has 0 atom stereocenters. The average molecular weight is 368 g/mol. The molecule has 0 radical (unpaired) electrons. The van der Waals surface area contributed by atoms with Crippen molar-refractivity contribution >= 4 is 5.69 Å². The van der Waals surface area contributed by atoms with Crippen molar-refractivity contribution < 1.29 is 4.74 Å². The van der Waals surface area contributed by atoms with E-state index in [1.54, 1.807) is 0 Å². The van der Waals surface area contributed by atoms with Crippen molar-refractivity contribution in [2.75, 3.05) is 18.5 Å². The summed E-state index contributed by atoms with van der Waals surface area (Å²) in [5, 5.41) is 3.53. The van der Waals surface area contributed by atoms with Crippen molar-refractivity contribution in [2.24, 2.45) is 0 Å². The lowest BCUT2D eigenvalue weighted by atomic mass is 9.80. The molecule has 2 nitrogen and oxygen atoms in total. The topological polar surface area (TPSA) is 21.3 Å². The Kier molecular flexibility index (Phi) is 6.62. The second-order valence-electron chi connectivity index (χ2n) is 9.73. The van der Waals surface area contributed by atoms with Gasteiger partial charge in [0.15, 0.2) is 0 Å². The highest BCUT2D eigenvalue weighted by Crippen LogP contribution is 2.35. The molecule has 0 aliphatic carbocycles. The second kappa shape index (κ2) is 8.37. The first-order valence-corrected chi connectivity index (χ1v) is 10.1. The van der Waals surface area contributed by atoms with Crippen molar-refractivity contribution in [3.8, 4) is 5.75 Å². The zero-order valence-corrected chi connectivity index (χ0v) is 18.4. The maximum absolute atomic E-state index is 6.19. The van der Waals surface area contributed by atoms with E-state index >= 15 is 0 Å². The summed E-state index contributed by atoms with van der Waals surface area (Å²) in [5.74, 6) is 1.50. The standard InChI is InChI=1S/C25H37NO/c1-18(2)20-11-9-10-12-22(20)26-15-16-27-23-14-13-19(24(3,4)5)17-21(23)25(6,7)8/h9-14,17-18,26H,15-16H2,1-8H3. The lowest BCUT2D eigenvalue weighted by Crippen LogP contribution is -2.19. The molecule has 0 unspecified atom stereocenters. The molecule has 0 spiro atoms. The summed E-state index contributed by atoms with van der Waals surface area (Å²) in [6.45, 7) is 19.4. The molecule has 148 valence electrons. The summed E-state index contributed by atoms with van der Waals surface area (Å²) in [6.07, 6.45) is 0. The fourth-order valence-corrected chi connectivity index (χ4v) is 3.22. The molecular formula is C25H37NO. The lowest BCUT2D eigenvalue weighted by molar-refractivity contribution is 0.322. The first kappa shape index (κ1) is 21.3. The van der Waals surface area contributed by atoms with Gasteiger partial charge >= 0.3 is 0 Å². The van der Waals surface area contributed by atoms with Gasteiger partial charge in [0.1, 0.15) is 12.4 Å². The number of hydrogen-bond donors (Lipinski definition) is 1. The monoisotopic (exact) mass is 367 g/mol. The van der Waals surface area contributed by atoms with Gasteiger partial charge in [-0.25, -0.2) is 0 Å². The van der Waals surface area contributed by atoms with Gasteiger partial charge in [-0.15, -0.1) is 0 Å². The summed E-state index contributed by atoms with van der Waals surface area (Å²) in [5.41, 5.74) is 5.37. The Morgan fingerprint density at radius 1 is 0.889 bits per heavy atom. The molecule has 0 bridgehead atoms. The van der Waals surface area contributed by atoms with Crippen LogP contribution in [0, 0.1) is 0 Å². The highest BCUT2D eigenvalue weighted by atomic mass is 16.5. The van der Waals surface area contributed by atoms with Crippen LogP contribution in [0.15, 0.2) is 42.5 Å². The molecule has 27 heavy (non-hydrogen) atoms. The predicted molar refractivity (Wildman–Crippen MR) is 118 cm³/mol. The third kappa shape index (κ3) is 5.76. The number of para-hydroxylation sites is 1. The van der Waals surface area contributed by atoms with Crippen LogP contribution in [0.2, 0.25) is 0 Å². The van der Waals surface area contributed by atoms with Gasteiger partial charge < -0.3 is 10.1 Å². The van der Waals surface area contributed by atoms with Crippen LogP contribution < -0.4 is 10.1 Å². The molecular weight excluding hydrogens is 330 g/mol. The van der Waals surface area contributed by atoms with Gasteiger partial charge in [0, 0.05) is 12.2 Å². The Morgan fingerprint density at radius 3 is 2.15 bits per heavy atom. The van der Waals surface area contributed by atoms with Gasteiger partial charge in [-0.2, -0.15) is 0 Å². The Hall–Kier alpha value is -1.96. The number of benzene rings is 2. The minimum Gasteiger partial charge on any atom is -0.491 e. The molecule has 0 aliphatic heterocycles. The minimum absolute atomic E-state index is 0.0499. The van der Waals surface area contributed by atoms with E-state index in [1.165, 1.54) is 22.4 Å². The average Bonchev–Trinajstić information content (AvgIpc) is 2.57. The van der Waals surface area contributed by atoms with Gasteiger partial charge in [0.2, 0.25) is 0 Å². The minimum atomic E-state index is 0.0499. The Bertz CT molecular complexity index is 748. The summed E-state index contributed by atoms with van der Waals surface area (Å²) in [7, 11) is 0. The summed E-state index contributed by atoms with van der Waals surface area (Å²) < 4.78 is 6.19. The fraction of sp³-hybridized carbons (Fsp3) is 0.520. The van der Waals surface area contributed by atoms with E-state index in [4.69, 9.17) is 4.74 Å². The van der Waals surface area contributed by atoms with Crippen molar-refractivity contribution in [1.29, 1.82) is 0 Å². The Labute approximate surface area is 166 Å². The van der Waals surface area contributed by atoms with Crippen LogP contribution in [-0.2, 0) is 10.8 Å². The number of anilines is 1. The predicted octanol–water partition coefficient (Wildman–Crippen LogP) is 6.90. The second-order valence-corrected chi connectivity index (χ2v) is 9.73. The van der Waals surface area contributed by atoms with Crippen molar-refractivity contribution in [3.63, 3.8) is 0 Å². The molecule has 2 aromatic carbocycles. The van der Waals surface area contributed by atoms with Crippen molar-refractivity contribution in [1.82, 2.24) is 0 Å². The van der Waals surface area contributed by atoms with Gasteiger partial charge in [-0.1, -0.05) is 85.7 Å². The smallest absolute Gasteiger partial charge is 0.123 e. The van der Waals surface area contributed by atoms with E-state index < -0.39 is 0 Å². The zero-order valence-electron chi connectivity index (χ0n) is 18.4. The van der Waals surface area contributed by atoms with E-state index in [0.29, 0.717) is 12.5 Å². The molecule has 2 heteroatoms. The maximum Gasteiger partial charge on any atom is 0.123 e. The third-order valence-electron chi connectivity index (χ3n) is 4.91. The van der Waals surface area contributed by atoms with E-state index in [0.717, 1.165) is 12.3 Å². The molecule has 0 saturated heterocycles. The molecule has 0 aromatic heterocycles. The largest absolute Gasteiger partial charge is 0.491 e. The van der Waals surface area contributed by atoms with E-state index in [1.807, 2.05) is 0 Å². The Morgan fingerprint density at radius 2 is 1.56 bits per heavy atom. The SMILES string of the molecule is CC(C)c1ccccc1NCCOc1ccc(C(C)(C)C)cc1C(C)(C)C. The molecule has 1 N–H and O–H groups in total. The molecule has 2 aromatic rings. The number of ether oxygens (including phenoxy) is 1. The van der Waals surface area contributed by atoms with Crippen LogP contribution in [0.3, 0.4) is 0 Å². The summed E-state index contributed by atoms with van der Waals surface area (Å²) in [6, 6.07) is 15.2. The number of nitrogens with one attached hydrogen (secondary N) is 1. The summed E-state index contributed by atoms with van der Waals surface area (Å²) >= 11 is 0. The summed E-state index contributed by atoms with van der Waals surface area (Å²) in [4.78, 5) is 0. The number of rotatable bonds is 6. The van der Waals surface area contributed by atoms with Gasteiger partial charge in [0.05, 0.1) is 0 Å². The van der Waals surface area contributed by atoms with E-state index in [2.05, 4.69) is 103 Å². The third-order valence-corrected chi connectivity index (χ3v) is 4.91. The van der Waals surface area contributed by atoms with Crippen LogP contribution in [0.25, 0.3) is 0 Å². The van der Waals surface area contributed by atoms with Crippen LogP contribution in [0.1, 0.15) is 78.0 Å². The van der Waals surface area contributed by atoms with Crippen LogP contribution >= 0.6 is 0 Å². The van der Waals surface area contributed by atoms with Crippen LogP contribution in [-0.4, -0.2) is 13.2 Å². The van der Waals surface area contributed by atoms with E-state index in [9.17, 15) is 0 Å². The quantitative estimate of drug-likeness (QED) is 0.561. The van der Waals surface area contributed by atoms with E-state index in [-0.39, 0.29) is 10.8 Å². The van der Waals surface area contributed by atoms with Gasteiger partial charge in [-0.3, -0.25) is 0 Å². The molecule has 0 fully saturated rings. The Balaban J connectivity index is 2.08. The fourth-order valence-electron chi connectivity index (χ4n) is 3.22. The number of hydrogen-bond acceptors (Lipinski definition) is 2. The lowest BCUT2D eigenvalue weighted by Gasteiger charge is -2.27. The normalized spacial score (nSPS) is 12.3. The zero-order chi connectivity index (χ0) is 20.2. The molecule has 2 rings (SSSR count). The first-order chi connectivity index (χ1) is 12.5. The highest BCUT2D eigenvalue weighted by Gasteiger charge is 2.23.